The highest BCUT2D eigenvalue weighted by Gasteiger charge is 2.15. The fraction of sp³-hybridized carbons (Fsp3) is 0.118. The Morgan fingerprint density at radius 3 is 2.62 bits per heavy atom. The van der Waals surface area contributed by atoms with Crippen molar-refractivity contribution in [2.75, 3.05) is 0 Å². The molecule has 0 aliphatic carbocycles. The van der Waals surface area contributed by atoms with Gasteiger partial charge in [-0.05, 0) is 42.8 Å². The van der Waals surface area contributed by atoms with E-state index >= 15 is 0 Å². The first-order chi connectivity index (χ1) is 11.5. The summed E-state index contributed by atoms with van der Waals surface area (Å²) >= 11 is 5.70. The van der Waals surface area contributed by atoms with Crippen LogP contribution in [0.2, 0.25) is 5.02 Å². The van der Waals surface area contributed by atoms with Crippen LogP contribution in [0, 0.1) is 5.82 Å². The minimum atomic E-state index is -0.645. The molecule has 0 bridgehead atoms. The highest BCUT2D eigenvalue weighted by Crippen LogP contribution is 2.18. The molecule has 0 aliphatic heterocycles. The second kappa shape index (κ2) is 6.80. The first-order valence-electron chi connectivity index (χ1n) is 7.25. The second-order valence-electron chi connectivity index (χ2n) is 5.25. The number of rotatable bonds is 4. The van der Waals surface area contributed by atoms with Gasteiger partial charge in [0, 0.05) is 5.02 Å². The van der Waals surface area contributed by atoms with Gasteiger partial charge in [0.05, 0.1) is 17.3 Å². The van der Waals surface area contributed by atoms with Gasteiger partial charge in [-0.2, -0.15) is 5.10 Å². The molecule has 1 heterocycles. The summed E-state index contributed by atoms with van der Waals surface area (Å²) in [5.41, 5.74) is 1.71. The summed E-state index contributed by atoms with van der Waals surface area (Å²) in [4.78, 5) is 16.1. The maximum atomic E-state index is 13.8. The van der Waals surface area contributed by atoms with Crippen molar-refractivity contribution < 1.29 is 9.18 Å². The van der Waals surface area contributed by atoms with Crippen molar-refractivity contribution in [3.05, 3.63) is 77.1 Å². The lowest BCUT2D eigenvalue weighted by Gasteiger charge is -2.15. The van der Waals surface area contributed by atoms with E-state index in [-0.39, 0.29) is 16.6 Å². The van der Waals surface area contributed by atoms with E-state index < -0.39 is 11.7 Å². The molecule has 1 N–H and O–H groups in total. The largest absolute Gasteiger partial charge is 0.345 e. The number of carbonyl (C=O) groups excluding carboxylic acids is 1. The van der Waals surface area contributed by atoms with Crippen molar-refractivity contribution in [2.24, 2.45) is 0 Å². The first kappa shape index (κ1) is 16.1. The lowest BCUT2D eigenvalue weighted by molar-refractivity contribution is 0.0936. The molecule has 0 spiro atoms. The predicted octanol–water partition coefficient (Wildman–Crippen LogP) is 3.55. The molecule has 1 aromatic heterocycles. The van der Waals surface area contributed by atoms with Gasteiger partial charge in [-0.3, -0.25) is 4.79 Å². The van der Waals surface area contributed by atoms with Crippen molar-refractivity contribution in [3.63, 3.8) is 0 Å². The Morgan fingerprint density at radius 2 is 2.00 bits per heavy atom. The topological polar surface area (TPSA) is 59.8 Å². The van der Waals surface area contributed by atoms with Crippen molar-refractivity contribution in [2.45, 2.75) is 13.0 Å². The lowest BCUT2D eigenvalue weighted by Crippen LogP contribution is -2.27. The minimum Gasteiger partial charge on any atom is -0.345 e. The monoisotopic (exact) mass is 344 g/mol. The Labute approximate surface area is 143 Å². The van der Waals surface area contributed by atoms with Crippen LogP contribution in [0.15, 0.2) is 55.1 Å². The molecule has 122 valence electrons. The SMILES string of the molecule is C[C@@H](NC(=O)c1ccc(Cl)cc1F)c1ccc(-n2cncn2)cc1. The van der Waals surface area contributed by atoms with Crippen LogP contribution in [-0.4, -0.2) is 20.7 Å². The number of benzene rings is 2. The number of hydrogen-bond acceptors (Lipinski definition) is 3. The van der Waals surface area contributed by atoms with E-state index in [0.717, 1.165) is 17.3 Å². The summed E-state index contributed by atoms with van der Waals surface area (Å²) < 4.78 is 15.4. The summed E-state index contributed by atoms with van der Waals surface area (Å²) in [6.07, 6.45) is 3.06. The number of carbonyl (C=O) groups is 1. The van der Waals surface area contributed by atoms with Gasteiger partial charge >= 0.3 is 0 Å². The van der Waals surface area contributed by atoms with Gasteiger partial charge in [0.1, 0.15) is 18.5 Å². The quantitative estimate of drug-likeness (QED) is 0.787. The average molecular weight is 345 g/mol. The Balaban J connectivity index is 1.72. The van der Waals surface area contributed by atoms with Crippen molar-refractivity contribution in [1.82, 2.24) is 20.1 Å². The summed E-state index contributed by atoms with van der Waals surface area (Å²) in [6.45, 7) is 1.83. The number of halogens is 2. The van der Waals surface area contributed by atoms with Crippen LogP contribution in [0.4, 0.5) is 4.39 Å². The molecule has 1 atom stereocenters. The third kappa shape index (κ3) is 3.44. The van der Waals surface area contributed by atoms with Crippen molar-refractivity contribution >= 4 is 17.5 Å². The zero-order chi connectivity index (χ0) is 17.1. The smallest absolute Gasteiger partial charge is 0.254 e. The van der Waals surface area contributed by atoms with Gasteiger partial charge < -0.3 is 5.32 Å². The van der Waals surface area contributed by atoms with Gasteiger partial charge in [-0.25, -0.2) is 14.1 Å². The summed E-state index contributed by atoms with van der Waals surface area (Å²) in [6, 6.07) is 11.2. The normalized spacial score (nSPS) is 12.0. The molecule has 0 unspecified atom stereocenters. The Kier molecular flexibility index (Phi) is 4.57. The fourth-order valence-electron chi connectivity index (χ4n) is 2.29. The van der Waals surface area contributed by atoms with Crippen molar-refractivity contribution in [3.8, 4) is 5.69 Å². The molecule has 0 fully saturated rings. The number of nitrogens with zero attached hydrogens (tertiary/aromatic N) is 3. The Bertz CT molecular complexity index is 850. The summed E-state index contributed by atoms with van der Waals surface area (Å²) in [5.74, 6) is -1.13. The number of amides is 1. The molecule has 1 amide bonds. The molecule has 24 heavy (non-hydrogen) atoms. The molecule has 5 nitrogen and oxygen atoms in total. The molecule has 2 aromatic carbocycles. The van der Waals surface area contributed by atoms with Gasteiger partial charge in [0.25, 0.3) is 5.91 Å². The summed E-state index contributed by atoms with van der Waals surface area (Å²) in [5, 5.41) is 7.07. The zero-order valence-electron chi connectivity index (χ0n) is 12.8. The average Bonchev–Trinajstić information content (AvgIpc) is 3.09. The molecule has 0 radical (unpaired) electrons. The van der Waals surface area contributed by atoms with Crippen LogP contribution >= 0.6 is 11.6 Å². The van der Waals surface area contributed by atoms with Crippen LogP contribution in [-0.2, 0) is 0 Å². The number of hydrogen-bond donors (Lipinski definition) is 1. The minimum absolute atomic E-state index is 0.0366. The van der Waals surface area contributed by atoms with Crippen LogP contribution in [0.25, 0.3) is 5.69 Å². The van der Waals surface area contributed by atoms with Crippen LogP contribution in [0.5, 0.6) is 0 Å². The number of nitrogens with one attached hydrogen (secondary N) is 1. The van der Waals surface area contributed by atoms with Gasteiger partial charge in [0.15, 0.2) is 0 Å². The van der Waals surface area contributed by atoms with E-state index in [1.807, 2.05) is 31.2 Å². The second-order valence-corrected chi connectivity index (χ2v) is 5.69. The highest BCUT2D eigenvalue weighted by atomic mass is 35.5. The van der Waals surface area contributed by atoms with E-state index in [2.05, 4.69) is 15.4 Å². The van der Waals surface area contributed by atoms with Gasteiger partial charge in [-0.1, -0.05) is 23.7 Å². The molecule has 0 saturated heterocycles. The summed E-state index contributed by atoms with van der Waals surface area (Å²) in [7, 11) is 0. The molecule has 3 rings (SSSR count). The molecular formula is C17H14ClFN4O. The van der Waals surface area contributed by atoms with Gasteiger partial charge in [0.2, 0.25) is 0 Å². The molecule has 0 saturated carbocycles. The third-order valence-corrected chi connectivity index (χ3v) is 3.83. The van der Waals surface area contributed by atoms with E-state index in [1.54, 1.807) is 11.0 Å². The molecule has 0 aliphatic rings. The Morgan fingerprint density at radius 1 is 1.25 bits per heavy atom. The zero-order valence-corrected chi connectivity index (χ0v) is 13.5. The predicted molar refractivity (Wildman–Crippen MR) is 88.7 cm³/mol. The van der Waals surface area contributed by atoms with Gasteiger partial charge in [-0.15, -0.1) is 0 Å². The number of aromatic nitrogens is 3. The highest BCUT2D eigenvalue weighted by molar-refractivity contribution is 6.30. The maximum absolute atomic E-state index is 13.8. The van der Waals surface area contributed by atoms with E-state index in [4.69, 9.17) is 11.6 Å². The lowest BCUT2D eigenvalue weighted by atomic mass is 10.1. The molecule has 7 heteroatoms. The van der Waals surface area contributed by atoms with Crippen LogP contribution < -0.4 is 5.32 Å². The molecule has 3 aromatic rings. The van der Waals surface area contributed by atoms with E-state index in [9.17, 15) is 9.18 Å². The van der Waals surface area contributed by atoms with E-state index in [0.29, 0.717) is 0 Å². The Hall–Kier alpha value is -2.73. The van der Waals surface area contributed by atoms with Crippen molar-refractivity contribution in [1.29, 1.82) is 0 Å². The standard InChI is InChI=1S/C17H14ClFN4O/c1-11(22-17(24)15-7-4-13(18)8-16(15)19)12-2-5-14(6-3-12)23-10-20-9-21-23/h2-11H,1H3,(H,22,24)/t11-/m1/s1. The van der Waals surface area contributed by atoms with E-state index in [1.165, 1.54) is 18.5 Å². The fourth-order valence-corrected chi connectivity index (χ4v) is 2.45. The third-order valence-electron chi connectivity index (χ3n) is 3.60. The first-order valence-corrected chi connectivity index (χ1v) is 7.63. The molecular weight excluding hydrogens is 331 g/mol. The maximum Gasteiger partial charge on any atom is 0.254 e. The van der Waals surface area contributed by atoms with Crippen LogP contribution in [0.1, 0.15) is 28.9 Å². The van der Waals surface area contributed by atoms with Crippen LogP contribution in [0.3, 0.4) is 0 Å².